The Kier molecular flexibility index (Phi) is 3.64. The van der Waals surface area contributed by atoms with Crippen LogP contribution in [0.2, 0.25) is 0 Å². The Hall–Kier alpha value is -2.08. The molecule has 1 heterocycles. The molecule has 6 heteroatoms. The molecule has 0 unspecified atom stereocenters. The van der Waals surface area contributed by atoms with Gasteiger partial charge in [-0.1, -0.05) is 12.7 Å². The monoisotopic (exact) mass is 211 g/mol. The number of carbonyl (C=O) groups is 2. The van der Waals surface area contributed by atoms with Crippen molar-refractivity contribution in [3.8, 4) is 0 Å². The molecule has 0 saturated carbocycles. The molecule has 0 aromatic carbocycles. The van der Waals surface area contributed by atoms with Crippen molar-refractivity contribution >= 4 is 12.1 Å². The van der Waals surface area contributed by atoms with E-state index >= 15 is 0 Å². The van der Waals surface area contributed by atoms with Crippen LogP contribution in [-0.2, 0) is 9.62 Å². The summed E-state index contributed by atoms with van der Waals surface area (Å²) < 4.78 is 5.61. The van der Waals surface area contributed by atoms with E-state index in [0.717, 1.165) is 4.57 Å². The minimum atomic E-state index is -1.03. The van der Waals surface area contributed by atoms with Gasteiger partial charge in [0.05, 0.1) is 0 Å². The van der Waals surface area contributed by atoms with Crippen LogP contribution in [0, 0.1) is 0 Å². The lowest BCUT2D eigenvalue weighted by atomic mass is 10.4. The normalized spacial score (nSPS) is 9.40. The molecular weight excluding hydrogens is 202 g/mol. The van der Waals surface area contributed by atoms with E-state index in [2.05, 4.69) is 16.2 Å². The van der Waals surface area contributed by atoms with E-state index in [4.69, 9.17) is 5.26 Å². The van der Waals surface area contributed by atoms with Gasteiger partial charge in [0.15, 0.2) is 0 Å². The molecule has 0 bridgehead atoms. The maximum absolute atomic E-state index is 11.3. The second-order valence-electron chi connectivity index (χ2n) is 2.51. The fourth-order valence-corrected chi connectivity index (χ4v) is 0.953. The molecular formula is C9H9NO5. The standard InChI is InChI=1S/C9H9NO5/c1-2-6-14-9(12)10-5-3-4-7(10)8(11)15-13/h2-5,13H,1,6H2. The first-order valence-electron chi connectivity index (χ1n) is 4.01. The summed E-state index contributed by atoms with van der Waals surface area (Å²) in [5, 5.41) is 8.16. The predicted molar refractivity (Wildman–Crippen MR) is 49.4 cm³/mol. The number of aromatic nitrogens is 1. The van der Waals surface area contributed by atoms with Crippen molar-refractivity contribution in [1.82, 2.24) is 4.57 Å². The Morgan fingerprint density at radius 3 is 2.93 bits per heavy atom. The second-order valence-corrected chi connectivity index (χ2v) is 2.51. The number of hydrogen-bond acceptors (Lipinski definition) is 5. The average Bonchev–Trinajstić information content (AvgIpc) is 2.73. The van der Waals surface area contributed by atoms with Crippen molar-refractivity contribution in [1.29, 1.82) is 0 Å². The zero-order valence-electron chi connectivity index (χ0n) is 7.75. The summed E-state index contributed by atoms with van der Waals surface area (Å²) in [4.78, 5) is 25.8. The SMILES string of the molecule is C=CCOC(=O)n1cccc1C(=O)OO. The zero-order chi connectivity index (χ0) is 11.3. The Morgan fingerprint density at radius 2 is 2.33 bits per heavy atom. The first-order chi connectivity index (χ1) is 7.20. The molecule has 1 aromatic heterocycles. The molecule has 0 aliphatic rings. The summed E-state index contributed by atoms with van der Waals surface area (Å²) in [5.74, 6) is -1.03. The summed E-state index contributed by atoms with van der Waals surface area (Å²) in [6.07, 6.45) is 1.96. The van der Waals surface area contributed by atoms with Crippen LogP contribution in [0.3, 0.4) is 0 Å². The topological polar surface area (TPSA) is 77.8 Å². The Bertz CT molecular complexity index is 382. The van der Waals surface area contributed by atoms with Crippen LogP contribution >= 0.6 is 0 Å². The first kappa shape index (κ1) is 11.0. The van der Waals surface area contributed by atoms with Gasteiger partial charge in [0, 0.05) is 6.20 Å². The molecule has 6 nitrogen and oxygen atoms in total. The largest absolute Gasteiger partial charge is 0.445 e. The molecule has 1 N–H and O–H groups in total. The number of ether oxygens (including phenoxy) is 1. The number of hydrogen-bond donors (Lipinski definition) is 1. The Balaban J connectivity index is 2.84. The van der Waals surface area contributed by atoms with E-state index in [0.29, 0.717) is 0 Å². The first-order valence-corrected chi connectivity index (χ1v) is 4.01. The maximum Gasteiger partial charge on any atom is 0.419 e. The van der Waals surface area contributed by atoms with Gasteiger partial charge in [-0.05, 0) is 12.1 Å². The van der Waals surface area contributed by atoms with Crippen molar-refractivity contribution in [3.05, 3.63) is 36.7 Å². The summed E-state index contributed by atoms with van der Waals surface area (Å²) in [6, 6.07) is 2.76. The van der Waals surface area contributed by atoms with Crippen LogP contribution in [0.5, 0.6) is 0 Å². The third-order valence-electron chi connectivity index (χ3n) is 1.56. The Labute approximate surface area is 85.3 Å². The molecule has 0 amide bonds. The van der Waals surface area contributed by atoms with Crippen molar-refractivity contribution in [2.24, 2.45) is 0 Å². The van der Waals surface area contributed by atoms with Gasteiger partial charge in [-0.2, -0.15) is 5.26 Å². The predicted octanol–water partition coefficient (Wildman–Crippen LogP) is 1.29. The lowest BCUT2D eigenvalue weighted by Crippen LogP contribution is -2.19. The van der Waals surface area contributed by atoms with Gasteiger partial charge < -0.3 is 4.74 Å². The van der Waals surface area contributed by atoms with E-state index < -0.39 is 12.1 Å². The molecule has 0 atom stereocenters. The highest BCUT2D eigenvalue weighted by atomic mass is 17.1. The summed E-state index contributed by atoms with van der Waals surface area (Å²) in [6.45, 7) is 3.40. The van der Waals surface area contributed by atoms with Crippen LogP contribution in [0.15, 0.2) is 31.0 Å². The lowest BCUT2D eigenvalue weighted by molar-refractivity contribution is -0.183. The molecule has 80 valence electrons. The van der Waals surface area contributed by atoms with Gasteiger partial charge >= 0.3 is 12.1 Å². The Morgan fingerprint density at radius 1 is 1.60 bits per heavy atom. The molecule has 0 fully saturated rings. The van der Waals surface area contributed by atoms with Crippen LogP contribution in [-0.4, -0.2) is 28.5 Å². The molecule has 0 radical (unpaired) electrons. The van der Waals surface area contributed by atoms with E-state index in [1.54, 1.807) is 0 Å². The second kappa shape index (κ2) is 4.97. The van der Waals surface area contributed by atoms with Crippen LogP contribution in [0.4, 0.5) is 4.79 Å². The van der Waals surface area contributed by atoms with Gasteiger partial charge in [0.1, 0.15) is 12.3 Å². The fraction of sp³-hybridized carbons (Fsp3) is 0.111. The van der Waals surface area contributed by atoms with Crippen LogP contribution in [0.25, 0.3) is 0 Å². The smallest absolute Gasteiger partial charge is 0.419 e. The minimum absolute atomic E-state index is 0.0324. The highest BCUT2D eigenvalue weighted by Crippen LogP contribution is 2.04. The number of carbonyl (C=O) groups excluding carboxylic acids is 2. The van der Waals surface area contributed by atoms with Gasteiger partial charge in [-0.3, -0.25) is 4.89 Å². The number of nitrogens with zero attached hydrogens (tertiary/aromatic N) is 1. The van der Waals surface area contributed by atoms with Gasteiger partial charge in [-0.25, -0.2) is 14.2 Å². The molecule has 0 aliphatic carbocycles. The molecule has 1 rings (SSSR count). The van der Waals surface area contributed by atoms with Gasteiger partial charge in [-0.15, -0.1) is 0 Å². The zero-order valence-corrected chi connectivity index (χ0v) is 7.75. The third-order valence-corrected chi connectivity index (χ3v) is 1.56. The molecule has 0 saturated heterocycles. The van der Waals surface area contributed by atoms with Crippen LogP contribution < -0.4 is 0 Å². The minimum Gasteiger partial charge on any atom is -0.445 e. The number of rotatable bonds is 3. The van der Waals surface area contributed by atoms with Crippen molar-refractivity contribution in [2.45, 2.75) is 0 Å². The van der Waals surface area contributed by atoms with Crippen molar-refractivity contribution < 1.29 is 24.5 Å². The molecule has 1 aromatic rings. The highest BCUT2D eigenvalue weighted by molar-refractivity contribution is 5.91. The van der Waals surface area contributed by atoms with E-state index in [1.165, 1.54) is 24.4 Å². The van der Waals surface area contributed by atoms with Crippen LogP contribution in [0.1, 0.15) is 10.5 Å². The molecule has 0 spiro atoms. The average molecular weight is 211 g/mol. The third kappa shape index (κ3) is 2.44. The van der Waals surface area contributed by atoms with Crippen molar-refractivity contribution in [3.63, 3.8) is 0 Å². The molecule has 15 heavy (non-hydrogen) atoms. The lowest BCUT2D eigenvalue weighted by Gasteiger charge is -2.04. The summed E-state index contributed by atoms with van der Waals surface area (Å²) >= 11 is 0. The summed E-state index contributed by atoms with van der Waals surface area (Å²) in [7, 11) is 0. The van der Waals surface area contributed by atoms with E-state index in [-0.39, 0.29) is 12.3 Å². The van der Waals surface area contributed by atoms with Gasteiger partial charge in [0.2, 0.25) is 0 Å². The molecule has 0 aliphatic heterocycles. The van der Waals surface area contributed by atoms with E-state index in [1.807, 2.05) is 0 Å². The highest BCUT2D eigenvalue weighted by Gasteiger charge is 2.17. The maximum atomic E-state index is 11.3. The van der Waals surface area contributed by atoms with Crippen molar-refractivity contribution in [2.75, 3.05) is 6.61 Å². The van der Waals surface area contributed by atoms with E-state index in [9.17, 15) is 9.59 Å². The summed E-state index contributed by atoms with van der Waals surface area (Å²) in [5.41, 5.74) is -0.119. The quantitative estimate of drug-likeness (QED) is 0.463. The fourth-order valence-electron chi connectivity index (χ4n) is 0.953. The van der Waals surface area contributed by atoms with Gasteiger partial charge in [0.25, 0.3) is 0 Å².